The highest BCUT2D eigenvalue weighted by Gasteiger charge is 2.52. The van der Waals surface area contributed by atoms with Gasteiger partial charge in [-0.3, -0.25) is 28.8 Å². The molecule has 4 N–H and O–H groups in total. The first-order chi connectivity index (χ1) is 15.6. The van der Waals surface area contributed by atoms with Crippen LogP contribution in [0.1, 0.15) is 65.7 Å². The van der Waals surface area contributed by atoms with E-state index in [9.17, 15) is 24.0 Å². The SMILES string of the molecule is CCCCN(C(=O)CN1C(=O)NC2(CCC(C)CC2)C1=O)c1c(N)n(CCC)c(=O)[nH]c1=O. The van der Waals surface area contributed by atoms with Crippen molar-refractivity contribution in [1.29, 1.82) is 0 Å². The summed E-state index contributed by atoms with van der Waals surface area (Å²) in [6, 6.07) is -0.601. The first-order valence-corrected chi connectivity index (χ1v) is 11.7. The van der Waals surface area contributed by atoms with Gasteiger partial charge in [0.05, 0.1) is 0 Å². The lowest BCUT2D eigenvalue weighted by Gasteiger charge is -2.33. The molecule has 2 fully saturated rings. The summed E-state index contributed by atoms with van der Waals surface area (Å²) in [4.78, 5) is 68.3. The minimum atomic E-state index is -0.955. The zero-order chi connectivity index (χ0) is 24.3. The van der Waals surface area contributed by atoms with Gasteiger partial charge in [-0.05, 0) is 44.4 Å². The quantitative estimate of drug-likeness (QED) is 0.493. The molecule has 1 aromatic rings. The Hall–Kier alpha value is -3.11. The Balaban J connectivity index is 1.91. The van der Waals surface area contributed by atoms with Crippen molar-refractivity contribution in [2.45, 2.75) is 77.8 Å². The van der Waals surface area contributed by atoms with Crippen LogP contribution in [0.4, 0.5) is 16.3 Å². The van der Waals surface area contributed by atoms with Crippen molar-refractivity contribution < 1.29 is 14.4 Å². The molecule has 11 heteroatoms. The fourth-order valence-electron chi connectivity index (χ4n) is 4.60. The van der Waals surface area contributed by atoms with Crippen LogP contribution in [-0.2, 0) is 16.1 Å². The van der Waals surface area contributed by atoms with Crippen LogP contribution in [0.15, 0.2) is 9.59 Å². The summed E-state index contributed by atoms with van der Waals surface area (Å²) in [7, 11) is 0. The van der Waals surface area contributed by atoms with E-state index in [-0.39, 0.29) is 24.6 Å². The van der Waals surface area contributed by atoms with E-state index in [1.807, 2.05) is 13.8 Å². The molecule has 3 rings (SSSR count). The van der Waals surface area contributed by atoms with Crippen LogP contribution in [0.5, 0.6) is 0 Å². The molecule has 1 spiro atoms. The Kier molecular flexibility index (Phi) is 7.28. The lowest BCUT2D eigenvalue weighted by atomic mass is 9.77. The van der Waals surface area contributed by atoms with Gasteiger partial charge in [0, 0.05) is 13.1 Å². The highest BCUT2D eigenvalue weighted by molar-refractivity contribution is 6.10. The summed E-state index contributed by atoms with van der Waals surface area (Å²) in [5.74, 6) is -0.632. The number of imide groups is 1. The third-order valence-electron chi connectivity index (χ3n) is 6.63. The van der Waals surface area contributed by atoms with Crippen LogP contribution in [0.2, 0.25) is 0 Å². The molecule has 0 unspecified atom stereocenters. The van der Waals surface area contributed by atoms with Gasteiger partial charge >= 0.3 is 11.7 Å². The summed E-state index contributed by atoms with van der Waals surface area (Å²) in [5.41, 5.74) is 3.65. The fraction of sp³-hybridized carbons (Fsp3) is 0.682. The molecule has 1 aliphatic heterocycles. The van der Waals surface area contributed by atoms with Crippen LogP contribution in [0.3, 0.4) is 0 Å². The van der Waals surface area contributed by atoms with Crippen LogP contribution in [0.25, 0.3) is 0 Å². The standard InChI is InChI=1S/C22H34N6O5/c1-4-6-12-26(16-17(23)27(11-5-2)20(32)24-18(16)30)15(29)13-28-19(31)22(25-21(28)33)9-7-14(3)8-10-22/h14H,4-13,23H2,1-3H3,(H,25,33)(H,24,30,32). The highest BCUT2D eigenvalue weighted by Crippen LogP contribution is 2.36. The second kappa shape index (κ2) is 9.80. The number of H-pyrrole nitrogens is 1. The average molecular weight is 463 g/mol. The van der Waals surface area contributed by atoms with E-state index in [2.05, 4.69) is 17.2 Å². The molecule has 0 radical (unpaired) electrons. The number of anilines is 2. The average Bonchev–Trinajstić information content (AvgIpc) is 2.99. The molecule has 1 aliphatic carbocycles. The van der Waals surface area contributed by atoms with Crippen LogP contribution < -0.4 is 27.2 Å². The molecule has 0 atom stereocenters. The molecule has 4 amide bonds. The van der Waals surface area contributed by atoms with E-state index in [1.54, 1.807) is 0 Å². The topological polar surface area (TPSA) is 151 Å². The first-order valence-electron chi connectivity index (χ1n) is 11.7. The van der Waals surface area contributed by atoms with E-state index in [0.29, 0.717) is 31.6 Å². The largest absolute Gasteiger partial charge is 0.383 e. The van der Waals surface area contributed by atoms with Gasteiger partial charge in [0.1, 0.15) is 17.9 Å². The number of hydrogen-bond donors (Lipinski definition) is 3. The van der Waals surface area contributed by atoms with Gasteiger partial charge in [-0.1, -0.05) is 27.2 Å². The monoisotopic (exact) mass is 462 g/mol. The zero-order valence-electron chi connectivity index (χ0n) is 19.6. The van der Waals surface area contributed by atoms with Gasteiger partial charge in [-0.25, -0.2) is 9.59 Å². The number of unbranched alkanes of at least 4 members (excludes halogenated alkanes) is 1. The van der Waals surface area contributed by atoms with Gasteiger partial charge < -0.3 is 16.0 Å². The molecular formula is C22H34N6O5. The molecule has 1 saturated carbocycles. The molecule has 182 valence electrons. The smallest absolute Gasteiger partial charge is 0.330 e. The number of carbonyl (C=O) groups excluding carboxylic acids is 3. The molecule has 1 aromatic heterocycles. The second-order valence-corrected chi connectivity index (χ2v) is 9.13. The van der Waals surface area contributed by atoms with Gasteiger partial charge in [0.15, 0.2) is 5.69 Å². The number of rotatable bonds is 8. The van der Waals surface area contributed by atoms with E-state index in [0.717, 1.165) is 24.2 Å². The number of hydrogen-bond acceptors (Lipinski definition) is 6. The number of nitrogen functional groups attached to an aromatic ring is 1. The van der Waals surface area contributed by atoms with Crippen LogP contribution >= 0.6 is 0 Å². The number of nitrogens with zero attached hydrogens (tertiary/aromatic N) is 3. The van der Waals surface area contributed by atoms with Crippen LogP contribution in [0, 0.1) is 5.92 Å². The summed E-state index contributed by atoms with van der Waals surface area (Å²) >= 11 is 0. The number of aromatic nitrogens is 2. The Labute approximate surface area is 192 Å². The van der Waals surface area contributed by atoms with E-state index in [1.165, 1.54) is 9.47 Å². The molecular weight excluding hydrogens is 428 g/mol. The maximum absolute atomic E-state index is 13.3. The number of nitrogens with two attached hydrogens (primary N) is 1. The lowest BCUT2D eigenvalue weighted by molar-refractivity contribution is -0.135. The number of amides is 4. The van der Waals surface area contributed by atoms with Crippen molar-refractivity contribution in [3.8, 4) is 0 Å². The Morgan fingerprint density at radius 3 is 2.42 bits per heavy atom. The Bertz CT molecular complexity index is 1040. The van der Waals surface area contributed by atoms with Gasteiger partial charge in [0.2, 0.25) is 5.91 Å². The first kappa shape index (κ1) is 24.5. The van der Waals surface area contributed by atoms with Gasteiger partial charge in [0.25, 0.3) is 11.5 Å². The molecule has 33 heavy (non-hydrogen) atoms. The molecule has 0 bridgehead atoms. The fourth-order valence-corrected chi connectivity index (χ4v) is 4.60. The molecule has 2 aliphatic rings. The minimum absolute atomic E-state index is 0.106. The summed E-state index contributed by atoms with van der Waals surface area (Å²) in [5, 5.41) is 2.80. The van der Waals surface area contributed by atoms with Crippen molar-refractivity contribution >= 4 is 29.4 Å². The lowest BCUT2D eigenvalue weighted by Crippen LogP contribution is -2.50. The normalized spacial score (nSPS) is 22.6. The van der Waals surface area contributed by atoms with E-state index in [4.69, 9.17) is 5.73 Å². The third kappa shape index (κ3) is 4.67. The van der Waals surface area contributed by atoms with E-state index < -0.39 is 41.2 Å². The number of urea groups is 1. The van der Waals surface area contributed by atoms with Crippen molar-refractivity contribution in [3.63, 3.8) is 0 Å². The molecule has 11 nitrogen and oxygen atoms in total. The molecule has 1 saturated heterocycles. The highest BCUT2D eigenvalue weighted by atomic mass is 16.2. The van der Waals surface area contributed by atoms with Crippen molar-refractivity contribution in [2.75, 3.05) is 23.7 Å². The Morgan fingerprint density at radius 2 is 1.82 bits per heavy atom. The predicted octanol–water partition coefficient (Wildman–Crippen LogP) is 1.16. The summed E-state index contributed by atoms with van der Waals surface area (Å²) in [6.45, 7) is 5.84. The van der Waals surface area contributed by atoms with E-state index >= 15 is 0 Å². The predicted molar refractivity (Wildman–Crippen MR) is 124 cm³/mol. The zero-order valence-corrected chi connectivity index (χ0v) is 19.6. The second-order valence-electron chi connectivity index (χ2n) is 9.13. The van der Waals surface area contributed by atoms with Crippen molar-refractivity contribution in [3.05, 3.63) is 20.8 Å². The van der Waals surface area contributed by atoms with Gasteiger partial charge in [-0.2, -0.15) is 0 Å². The maximum Gasteiger partial charge on any atom is 0.330 e. The molecule has 0 aromatic carbocycles. The third-order valence-corrected chi connectivity index (χ3v) is 6.63. The van der Waals surface area contributed by atoms with Crippen molar-refractivity contribution in [2.24, 2.45) is 5.92 Å². The number of aromatic amines is 1. The Morgan fingerprint density at radius 1 is 1.15 bits per heavy atom. The van der Waals surface area contributed by atoms with Gasteiger partial charge in [-0.15, -0.1) is 0 Å². The maximum atomic E-state index is 13.3. The minimum Gasteiger partial charge on any atom is -0.383 e. The summed E-state index contributed by atoms with van der Waals surface area (Å²) < 4.78 is 1.22. The number of carbonyl (C=O) groups is 3. The van der Waals surface area contributed by atoms with Crippen LogP contribution in [-0.4, -0.2) is 50.9 Å². The summed E-state index contributed by atoms with van der Waals surface area (Å²) in [6.07, 6.45) is 4.62. The molecule has 2 heterocycles. The van der Waals surface area contributed by atoms with Crippen molar-refractivity contribution in [1.82, 2.24) is 19.8 Å². The number of nitrogens with one attached hydrogen (secondary N) is 2.